The number of rotatable bonds is 7. The number of hydrogen-bond donors (Lipinski definition) is 3. The van der Waals surface area contributed by atoms with Gasteiger partial charge in [-0.1, -0.05) is 30.3 Å². The third kappa shape index (κ3) is 4.10. The van der Waals surface area contributed by atoms with E-state index in [-0.39, 0.29) is 6.23 Å². The molecular weight excluding hydrogens is 234 g/mol. The van der Waals surface area contributed by atoms with Crippen molar-refractivity contribution >= 4 is 5.97 Å². The summed E-state index contributed by atoms with van der Waals surface area (Å²) in [6.45, 7) is 4.14. The van der Waals surface area contributed by atoms with E-state index in [0.717, 1.165) is 0 Å². The van der Waals surface area contributed by atoms with Gasteiger partial charge in [0.2, 0.25) is 0 Å². The molecule has 3 unspecified atom stereocenters. The molecule has 0 amide bonds. The number of aliphatic hydroxyl groups excluding tert-OH is 1. The number of aliphatic carboxylic acids is 1. The maximum Gasteiger partial charge on any atom is 0.334 e. The highest BCUT2D eigenvalue weighted by atomic mass is 16.5. The average molecular weight is 253 g/mol. The molecule has 18 heavy (non-hydrogen) atoms. The Morgan fingerprint density at radius 2 is 2.00 bits per heavy atom. The van der Waals surface area contributed by atoms with Gasteiger partial charge in [0, 0.05) is 6.61 Å². The first-order valence-electron chi connectivity index (χ1n) is 5.89. The highest BCUT2D eigenvalue weighted by molar-refractivity contribution is 5.73. The van der Waals surface area contributed by atoms with Crippen LogP contribution in [0, 0.1) is 0 Å². The van der Waals surface area contributed by atoms with Crippen LogP contribution in [0.4, 0.5) is 0 Å². The fraction of sp³-hybridized carbons (Fsp3) is 0.462. The molecule has 1 aromatic rings. The maximum absolute atomic E-state index is 10.9. The zero-order valence-corrected chi connectivity index (χ0v) is 10.5. The van der Waals surface area contributed by atoms with Gasteiger partial charge in [-0.3, -0.25) is 5.32 Å². The third-order valence-corrected chi connectivity index (χ3v) is 2.56. The molecule has 0 bridgehead atoms. The van der Waals surface area contributed by atoms with Crippen LogP contribution < -0.4 is 5.32 Å². The maximum atomic E-state index is 10.9. The number of carboxylic acid groups (broad SMARTS) is 1. The second kappa shape index (κ2) is 7.10. The summed E-state index contributed by atoms with van der Waals surface area (Å²) in [5.74, 6) is -1.26. The summed E-state index contributed by atoms with van der Waals surface area (Å²) in [5.41, 5.74) is 0.707. The van der Waals surface area contributed by atoms with Crippen LogP contribution >= 0.6 is 0 Å². The Bertz CT molecular complexity index is 369. The SMILES string of the molecule is CCOC(C)NC(c1ccccc1)C(O)C(=O)O. The van der Waals surface area contributed by atoms with E-state index < -0.39 is 18.1 Å². The number of benzene rings is 1. The molecule has 0 radical (unpaired) electrons. The average Bonchev–Trinajstić information content (AvgIpc) is 2.36. The Balaban J connectivity index is 2.85. The standard InChI is InChI=1S/C13H19NO4/c1-3-18-9(2)14-11(12(15)13(16)17)10-7-5-4-6-8-10/h4-9,11-12,14-15H,3H2,1-2H3,(H,16,17). The van der Waals surface area contributed by atoms with Crippen molar-refractivity contribution in [3.05, 3.63) is 35.9 Å². The lowest BCUT2D eigenvalue weighted by molar-refractivity contribution is -0.149. The van der Waals surface area contributed by atoms with Crippen molar-refractivity contribution in [1.82, 2.24) is 5.32 Å². The fourth-order valence-electron chi connectivity index (χ4n) is 1.72. The Morgan fingerprint density at radius 1 is 1.39 bits per heavy atom. The number of carbonyl (C=O) groups is 1. The van der Waals surface area contributed by atoms with Gasteiger partial charge in [-0.05, 0) is 19.4 Å². The first kappa shape index (κ1) is 14.6. The molecule has 3 atom stereocenters. The molecule has 0 saturated carbocycles. The zero-order valence-electron chi connectivity index (χ0n) is 10.5. The molecule has 3 N–H and O–H groups in total. The van der Waals surface area contributed by atoms with Gasteiger partial charge in [-0.25, -0.2) is 4.79 Å². The van der Waals surface area contributed by atoms with E-state index >= 15 is 0 Å². The van der Waals surface area contributed by atoms with Gasteiger partial charge in [0.15, 0.2) is 6.10 Å². The molecule has 0 spiro atoms. The number of hydrogen-bond acceptors (Lipinski definition) is 4. The Kier molecular flexibility index (Phi) is 5.77. The molecule has 0 aliphatic rings. The van der Waals surface area contributed by atoms with E-state index in [1.165, 1.54) is 0 Å². The lowest BCUT2D eigenvalue weighted by atomic mass is 10.0. The van der Waals surface area contributed by atoms with Crippen molar-refractivity contribution < 1.29 is 19.7 Å². The van der Waals surface area contributed by atoms with Crippen molar-refractivity contribution in [3.63, 3.8) is 0 Å². The normalized spacial score (nSPS) is 15.9. The van der Waals surface area contributed by atoms with Crippen LogP contribution in [-0.2, 0) is 9.53 Å². The van der Waals surface area contributed by atoms with Gasteiger partial charge >= 0.3 is 5.97 Å². The molecular formula is C13H19NO4. The minimum atomic E-state index is -1.52. The predicted octanol–water partition coefficient (Wildman–Crippen LogP) is 1.15. The molecule has 1 rings (SSSR count). The van der Waals surface area contributed by atoms with Gasteiger partial charge in [0.1, 0.15) is 6.23 Å². The van der Waals surface area contributed by atoms with E-state index in [2.05, 4.69) is 5.32 Å². The zero-order chi connectivity index (χ0) is 13.5. The molecule has 5 heteroatoms. The van der Waals surface area contributed by atoms with Crippen LogP contribution in [0.1, 0.15) is 25.5 Å². The summed E-state index contributed by atoms with van der Waals surface area (Å²) in [5, 5.41) is 21.6. The van der Waals surface area contributed by atoms with Crippen LogP contribution in [0.15, 0.2) is 30.3 Å². The van der Waals surface area contributed by atoms with Crippen molar-refractivity contribution in [3.8, 4) is 0 Å². The summed E-state index contributed by atoms with van der Waals surface area (Å²) in [7, 11) is 0. The van der Waals surface area contributed by atoms with E-state index in [4.69, 9.17) is 9.84 Å². The number of nitrogens with one attached hydrogen (secondary N) is 1. The second-order valence-electron chi connectivity index (χ2n) is 3.94. The van der Waals surface area contributed by atoms with Crippen LogP contribution in [0.2, 0.25) is 0 Å². The largest absolute Gasteiger partial charge is 0.479 e. The van der Waals surface area contributed by atoms with Gasteiger partial charge in [0.25, 0.3) is 0 Å². The van der Waals surface area contributed by atoms with Crippen LogP contribution in [-0.4, -0.2) is 35.1 Å². The lowest BCUT2D eigenvalue weighted by Gasteiger charge is -2.25. The summed E-state index contributed by atoms with van der Waals surface area (Å²) in [4.78, 5) is 10.9. The summed E-state index contributed by atoms with van der Waals surface area (Å²) in [6.07, 6.45) is -1.86. The fourth-order valence-corrected chi connectivity index (χ4v) is 1.72. The Hall–Kier alpha value is -1.43. The Labute approximate surface area is 106 Å². The molecule has 0 aromatic heterocycles. The molecule has 0 aliphatic heterocycles. The van der Waals surface area contributed by atoms with Crippen LogP contribution in [0.3, 0.4) is 0 Å². The summed E-state index contributed by atoms with van der Waals surface area (Å²) in [6, 6.07) is 8.25. The highest BCUT2D eigenvalue weighted by Gasteiger charge is 2.28. The Morgan fingerprint density at radius 3 is 2.50 bits per heavy atom. The van der Waals surface area contributed by atoms with E-state index in [1.807, 2.05) is 13.0 Å². The van der Waals surface area contributed by atoms with E-state index in [0.29, 0.717) is 12.2 Å². The minimum absolute atomic E-state index is 0.339. The lowest BCUT2D eigenvalue weighted by Crippen LogP contribution is -2.42. The highest BCUT2D eigenvalue weighted by Crippen LogP contribution is 2.18. The monoisotopic (exact) mass is 253 g/mol. The van der Waals surface area contributed by atoms with Crippen LogP contribution in [0.25, 0.3) is 0 Å². The number of aliphatic hydroxyl groups is 1. The third-order valence-electron chi connectivity index (χ3n) is 2.56. The molecule has 5 nitrogen and oxygen atoms in total. The summed E-state index contributed by atoms with van der Waals surface area (Å²) < 4.78 is 5.31. The number of carboxylic acids is 1. The predicted molar refractivity (Wildman–Crippen MR) is 67.0 cm³/mol. The summed E-state index contributed by atoms with van der Waals surface area (Å²) >= 11 is 0. The molecule has 1 aromatic carbocycles. The smallest absolute Gasteiger partial charge is 0.334 e. The first-order valence-corrected chi connectivity index (χ1v) is 5.89. The van der Waals surface area contributed by atoms with Crippen molar-refractivity contribution in [2.24, 2.45) is 0 Å². The first-order chi connectivity index (χ1) is 8.56. The van der Waals surface area contributed by atoms with Crippen molar-refractivity contribution in [1.29, 1.82) is 0 Å². The minimum Gasteiger partial charge on any atom is -0.479 e. The van der Waals surface area contributed by atoms with Crippen molar-refractivity contribution in [2.45, 2.75) is 32.2 Å². The second-order valence-corrected chi connectivity index (χ2v) is 3.94. The molecule has 0 fully saturated rings. The molecule has 100 valence electrons. The number of ether oxygens (including phenoxy) is 1. The van der Waals surface area contributed by atoms with Crippen molar-refractivity contribution in [2.75, 3.05) is 6.61 Å². The van der Waals surface area contributed by atoms with E-state index in [9.17, 15) is 9.90 Å². The molecule has 0 heterocycles. The quantitative estimate of drug-likeness (QED) is 0.635. The molecule has 0 saturated heterocycles. The van der Waals surface area contributed by atoms with E-state index in [1.54, 1.807) is 31.2 Å². The topological polar surface area (TPSA) is 78.8 Å². The van der Waals surface area contributed by atoms with Gasteiger partial charge in [-0.15, -0.1) is 0 Å². The van der Waals surface area contributed by atoms with Gasteiger partial charge < -0.3 is 14.9 Å². The van der Waals surface area contributed by atoms with Crippen LogP contribution in [0.5, 0.6) is 0 Å². The van der Waals surface area contributed by atoms with Gasteiger partial charge in [0.05, 0.1) is 6.04 Å². The van der Waals surface area contributed by atoms with Gasteiger partial charge in [-0.2, -0.15) is 0 Å². The molecule has 0 aliphatic carbocycles.